The number of hydrogen-bond donors (Lipinski definition) is 1. The summed E-state index contributed by atoms with van der Waals surface area (Å²) >= 11 is 0.182. The number of carboxylic acids is 1. The van der Waals surface area contributed by atoms with Crippen molar-refractivity contribution in [3.8, 4) is 12.1 Å². The summed E-state index contributed by atoms with van der Waals surface area (Å²) in [4.78, 5) is 19.2. The van der Waals surface area contributed by atoms with Gasteiger partial charge in [0.2, 0.25) is 0 Å². The Morgan fingerprint density at radius 1 is 1.28 bits per heavy atom. The number of imidazole rings is 1. The molecule has 1 aromatic rings. The third kappa shape index (κ3) is 8.08. The van der Waals surface area contributed by atoms with Gasteiger partial charge in [0.15, 0.2) is 0 Å². The van der Waals surface area contributed by atoms with E-state index < -0.39 is 12.0 Å². The second kappa shape index (κ2) is 11.9. The zero-order valence-electron chi connectivity index (χ0n) is 14.4. The fraction of sp³-hybridized carbons (Fsp3) is 0.600. The van der Waals surface area contributed by atoms with Gasteiger partial charge in [-0.1, -0.05) is 0 Å². The molecule has 0 amide bonds. The molecule has 0 bridgehead atoms. The van der Waals surface area contributed by atoms with Gasteiger partial charge in [-0.2, -0.15) is 0 Å². The van der Waals surface area contributed by atoms with Crippen LogP contribution in [0.1, 0.15) is 25.5 Å². The number of aromatic amines is 1. The molecule has 0 radical (unpaired) electrons. The quantitative estimate of drug-likeness (QED) is 0.164. The first-order valence-electron chi connectivity index (χ1n) is 7.43. The molecule has 0 unspecified atom stereocenters. The zero-order chi connectivity index (χ0) is 18.2. The number of nitrogens with one attached hydrogen (secondary N) is 1. The molecule has 0 aliphatic heterocycles. The normalized spacial score (nSPS) is 11.9. The molecular formula is C15H22IN5O2Se2. The minimum Gasteiger partial charge on any atom is -0.107 e. The van der Waals surface area contributed by atoms with E-state index >= 15 is 0 Å². The van der Waals surface area contributed by atoms with Crippen molar-refractivity contribution in [1.29, 1.82) is 10.5 Å². The van der Waals surface area contributed by atoms with Gasteiger partial charge in [-0.25, -0.2) is 0 Å². The van der Waals surface area contributed by atoms with Crippen LogP contribution in [-0.2, 0) is 11.3 Å². The van der Waals surface area contributed by atoms with E-state index in [-0.39, 0.29) is 58.4 Å². The number of quaternary nitrogens is 1. The van der Waals surface area contributed by atoms with Crippen molar-refractivity contribution in [3.05, 3.63) is 5.69 Å². The monoisotopic (exact) mass is 591 g/mol. The van der Waals surface area contributed by atoms with Crippen LogP contribution in [0.15, 0.2) is 0 Å². The number of carbonyl (C=O) groups is 1. The van der Waals surface area contributed by atoms with Gasteiger partial charge >= 0.3 is 155 Å². The van der Waals surface area contributed by atoms with Crippen LogP contribution in [-0.4, -0.2) is 70.5 Å². The predicted molar refractivity (Wildman–Crippen MR) is 105 cm³/mol. The molecule has 1 aromatic heterocycles. The van der Waals surface area contributed by atoms with Crippen molar-refractivity contribution >= 4 is 69.2 Å². The second-order valence-corrected chi connectivity index (χ2v) is 10.3. The molecule has 0 aliphatic rings. The molecule has 1 N–H and O–H groups in total. The number of carboxylic acid groups (broad SMARTS) is 1. The standard InChI is InChI=1S/C15H21N5O2Se2.HI/c1-11(14(21)22)20(2,3)10-12-13(23-8-4-6-16)19-15(18-12)24-9-5-7-17;/h11H,4-5,8-10H2,1-3H3,(H-,18,19,21,22);1H/t11-;/m0./s1. The number of nitrogens with zero attached hydrogens (tertiary/aromatic N) is 4. The van der Waals surface area contributed by atoms with Gasteiger partial charge in [0.05, 0.1) is 0 Å². The number of nitriles is 2. The van der Waals surface area contributed by atoms with Crippen LogP contribution in [0.4, 0.5) is 0 Å². The zero-order valence-corrected chi connectivity index (χ0v) is 20.2. The average molecular weight is 589 g/mol. The summed E-state index contributed by atoms with van der Waals surface area (Å²) in [5.74, 6) is -1.07. The van der Waals surface area contributed by atoms with Crippen LogP contribution in [0.2, 0.25) is 10.6 Å². The number of halogens is 1. The molecule has 0 aliphatic carbocycles. The van der Waals surface area contributed by atoms with Crippen molar-refractivity contribution in [2.45, 2.75) is 43.0 Å². The average Bonchev–Trinajstić information content (AvgIpc) is 2.88. The largest absolute Gasteiger partial charge is 0.107 e. The van der Waals surface area contributed by atoms with Crippen molar-refractivity contribution in [2.24, 2.45) is 0 Å². The van der Waals surface area contributed by atoms with Gasteiger partial charge in [0, 0.05) is 0 Å². The van der Waals surface area contributed by atoms with Gasteiger partial charge in [0.1, 0.15) is 0 Å². The molecule has 0 aromatic carbocycles. The van der Waals surface area contributed by atoms with E-state index in [2.05, 4.69) is 22.1 Å². The molecule has 7 nitrogen and oxygen atoms in total. The Morgan fingerprint density at radius 2 is 1.84 bits per heavy atom. The topological polar surface area (TPSA) is 116 Å². The number of H-pyrrole nitrogens is 1. The van der Waals surface area contributed by atoms with Crippen molar-refractivity contribution in [2.75, 3.05) is 14.1 Å². The molecular weight excluding hydrogens is 567 g/mol. The van der Waals surface area contributed by atoms with E-state index in [9.17, 15) is 9.90 Å². The Kier molecular flexibility index (Phi) is 11.6. The van der Waals surface area contributed by atoms with Crippen LogP contribution in [0, 0.1) is 22.7 Å². The molecule has 0 saturated heterocycles. The third-order valence-electron chi connectivity index (χ3n) is 3.58. The summed E-state index contributed by atoms with van der Waals surface area (Å²) in [6.45, 7) is 2.16. The maximum Gasteiger partial charge on any atom is -0.107 e. The maximum atomic E-state index is 11.2. The van der Waals surface area contributed by atoms with Crippen molar-refractivity contribution in [3.63, 3.8) is 0 Å². The summed E-state index contributed by atoms with van der Waals surface area (Å²) < 4.78 is 2.11. The van der Waals surface area contributed by atoms with Gasteiger partial charge in [0.25, 0.3) is 0 Å². The number of aromatic nitrogens is 2. The Labute approximate surface area is 178 Å². The van der Waals surface area contributed by atoms with E-state index in [1.54, 1.807) is 6.92 Å². The summed E-state index contributed by atoms with van der Waals surface area (Å²) in [6.07, 6.45) is 1.00. The molecule has 1 atom stereocenters. The molecule has 0 fully saturated rings. The molecule has 138 valence electrons. The van der Waals surface area contributed by atoms with Gasteiger partial charge in [-0.05, 0) is 0 Å². The Balaban J connectivity index is 0.00000576. The first-order chi connectivity index (χ1) is 11.3. The van der Waals surface area contributed by atoms with Crippen LogP contribution < -0.4 is 14.4 Å². The van der Waals surface area contributed by atoms with Crippen molar-refractivity contribution < 1.29 is 14.4 Å². The van der Waals surface area contributed by atoms with E-state index in [0.29, 0.717) is 19.4 Å². The smallest absolute Gasteiger partial charge is 0.107 e. The minimum absolute atomic E-state index is 0. The number of hydrogen-bond acceptors (Lipinski definition) is 5. The molecule has 0 saturated carbocycles. The van der Waals surface area contributed by atoms with Crippen LogP contribution in [0.3, 0.4) is 0 Å². The Hall–Kier alpha value is -0.611. The fourth-order valence-electron chi connectivity index (χ4n) is 1.88. The van der Waals surface area contributed by atoms with Gasteiger partial charge in [-0.15, -0.1) is 24.0 Å². The number of rotatable bonds is 10. The molecule has 25 heavy (non-hydrogen) atoms. The molecule has 1 heterocycles. The fourth-order valence-corrected chi connectivity index (χ4v) is 5.47. The number of carbonyl (C=O) groups excluding carboxylic acids is 1. The molecule has 10 heteroatoms. The Morgan fingerprint density at radius 3 is 2.36 bits per heavy atom. The van der Waals surface area contributed by atoms with Gasteiger partial charge in [-0.3, -0.25) is 0 Å². The summed E-state index contributed by atoms with van der Waals surface area (Å²) in [5, 5.41) is 30.1. The summed E-state index contributed by atoms with van der Waals surface area (Å²) in [7, 11) is 3.71. The second-order valence-electron chi connectivity index (χ2n) is 5.77. The van der Waals surface area contributed by atoms with E-state index in [1.165, 1.54) is 0 Å². The summed E-state index contributed by atoms with van der Waals surface area (Å²) in [5.41, 5.74) is 0.944. The van der Waals surface area contributed by atoms with Crippen LogP contribution >= 0.6 is 24.0 Å². The van der Waals surface area contributed by atoms with Crippen LogP contribution in [0.25, 0.3) is 0 Å². The third-order valence-corrected chi connectivity index (χ3v) is 7.55. The molecule has 1 rings (SSSR count). The van der Waals surface area contributed by atoms with Gasteiger partial charge < -0.3 is 0 Å². The predicted octanol–water partition coefficient (Wildman–Crippen LogP) is -0.935. The van der Waals surface area contributed by atoms with E-state index in [1.807, 2.05) is 14.1 Å². The Bertz CT molecular complexity index is 651. The SMILES string of the molecule is C[C@@H](C(=O)[O-])[N+](C)(C)Cc1[nH]c([Se]CCC#N)nc1[Se]CCC#N.I. The summed E-state index contributed by atoms with van der Waals surface area (Å²) in [6, 6.07) is 3.64. The minimum atomic E-state index is -1.07. The number of likely N-dealkylation sites (N-methyl/N-ethyl adjacent to an activating group) is 1. The van der Waals surface area contributed by atoms with Crippen LogP contribution in [0.5, 0.6) is 0 Å². The maximum absolute atomic E-state index is 11.2. The number of aliphatic carboxylic acids is 1. The first kappa shape index (κ1) is 24.4. The van der Waals surface area contributed by atoms with E-state index in [0.717, 1.165) is 25.6 Å². The van der Waals surface area contributed by atoms with E-state index in [4.69, 9.17) is 10.5 Å². The first-order valence-corrected chi connectivity index (χ1v) is 11.6. The van der Waals surface area contributed by atoms with Crippen molar-refractivity contribution in [1.82, 2.24) is 9.97 Å². The molecule has 0 spiro atoms.